The third kappa shape index (κ3) is 2.78. The monoisotopic (exact) mass is 308 g/mol. The van der Waals surface area contributed by atoms with Gasteiger partial charge < -0.3 is 5.11 Å². The fourth-order valence-electron chi connectivity index (χ4n) is 3.71. The van der Waals surface area contributed by atoms with Crippen molar-refractivity contribution >= 4 is 22.3 Å². The average Bonchev–Trinajstić information content (AvgIpc) is 2.53. The molecular formula is C21H24O2. The second kappa shape index (κ2) is 6.19. The highest BCUT2D eigenvalue weighted by molar-refractivity contribution is 6.06. The molecule has 0 saturated heterocycles. The molecule has 0 amide bonds. The second-order valence-electron chi connectivity index (χ2n) is 6.98. The van der Waals surface area contributed by atoms with Gasteiger partial charge in [0.15, 0.2) is 5.78 Å². The van der Waals surface area contributed by atoms with Crippen LogP contribution >= 0.6 is 0 Å². The molecule has 0 aliphatic heterocycles. The van der Waals surface area contributed by atoms with Gasteiger partial charge in [-0.05, 0) is 35.4 Å². The summed E-state index contributed by atoms with van der Waals surface area (Å²) in [6.45, 7) is 6.22. The van der Waals surface area contributed by atoms with Gasteiger partial charge in [-0.2, -0.15) is 0 Å². The molecule has 23 heavy (non-hydrogen) atoms. The molecular weight excluding hydrogens is 284 g/mol. The molecule has 0 aromatic heterocycles. The third-order valence-electron chi connectivity index (χ3n) is 5.11. The molecule has 1 aliphatic rings. The number of carbonyl (C=O) groups is 1. The van der Waals surface area contributed by atoms with E-state index in [0.29, 0.717) is 11.5 Å². The molecule has 0 bridgehead atoms. The quantitative estimate of drug-likeness (QED) is 0.597. The van der Waals surface area contributed by atoms with Gasteiger partial charge in [0.25, 0.3) is 0 Å². The number of hydrogen-bond donors (Lipinski definition) is 1. The van der Waals surface area contributed by atoms with Crippen molar-refractivity contribution in [3.8, 4) is 0 Å². The highest BCUT2D eigenvalue weighted by atomic mass is 16.3. The number of carbonyl (C=O) groups excluding carboxylic acids is 1. The Kier molecular flexibility index (Phi) is 4.25. The molecule has 0 unspecified atom stereocenters. The van der Waals surface area contributed by atoms with Crippen molar-refractivity contribution in [1.29, 1.82) is 0 Å². The van der Waals surface area contributed by atoms with Crippen molar-refractivity contribution in [2.75, 3.05) is 0 Å². The molecule has 1 N–H and O–H groups in total. The minimum absolute atomic E-state index is 0.0262. The van der Waals surface area contributed by atoms with E-state index < -0.39 is 0 Å². The van der Waals surface area contributed by atoms with E-state index in [0.717, 1.165) is 29.2 Å². The van der Waals surface area contributed by atoms with E-state index in [1.54, 1.807) is 0 Å². The van der Waals surface area contributed by atoms with Gasteiger partial charge in [0.2, 0.25) is 0 Å². The molecule has 0 heterocycles. The van der Waals surface area contributed by atoms with E-state index in [-0.39, 0.29) is 23.4 Å². The number of fused-ring (bicyclic) bond motifs is 1. The zero-order valence-electron chi connectivity index (χ0n) is 14.0. The topological polar surface area (TPSA) is 37.3 Å². The summed E-state index contributed by atoms with van der Waals surface area (Å²) in [7, 11) is 0. The number of rotatable bonds is 2. The van der Waals surface area contributed by atoms with Crippen molar-refractivity contribution < 1.29 is 9.90 Å². The maximum Gasteiger partial charge on any atom is 0.166 e. The molecule has 0 radical (unpaired) electrons. The van der Waals surface area contributed by atoms with Crippen LogP contribution in [0.3, 0.4) is 0 Å². The van der Waals surface area contributed by atoms with Crippen molar-refractivity contribution in [2.45, 2.75) is 33.6 Å². The smallest absolute Gasteiger partial charge is 0.166 e. The van der Waals surface area contributed by atoms with Crippen LogP contribution < -0.4 is 0 Å². The summed E-state index contributed by atoms with van der Waals surface area (Å²) in [5.74, 6) is 0.744. The minimum atomic E-state index is 0.0262. The summed E-state index contributed by atoms with van der Waals surface area (Å²) in [6, 6.07) is 13.8. The standard InChI is InChI=1S/C21H24O2/c1-13(2)16-12-11-14(3)19(20(16)22)21(23)18-10-6-8-15-7-4-5-9-17(15)18/h4-10,13-14,16,23H,11-12H2,1-3H3/t14-,16-/m0/s1. The zero-order chi connectivity index (χ0) is 16.6. The molecule has 1 saturated carbocycles. The van der Waals surface area contributed by atoms with E-state index in [4.69, 9.17) is 0 Å². The van der Waals surface area contributed by atoms with Gasteiger partial charge >= 0.3 is 0 Å². The fraction of sp³-hybridized carbons (Fsp3) is 0.381. The first-order valence-electron chi connectivity index (χ1n) is 8.46. The van der Waals surface area contributed by atoms with Crippen LogP contribution in [0.5, 0.6) is 0 Å². The predicted molar refractivity (Wildman–Crippen MR) is 95.2 cm³/mol. The number of aliphatic hydroxyl groups excluding tert-OH is 1. The van der Waals surface area contributed by atoms with Gasteiger partial charge in [0.1, 0.15) is 5.76 Å². The van der Waals surface area contributed by atoms with Gasteiger partial charge in [-0.3, -0.25) is 4.79 Å². The summed E-state index contributed by atoms with van der Waals surface area (Å²) in [5, 5.41) is 13.0. The first-order chi connectivity index (χ1) is 11.0. The minimum Gasteiger partial charge on any atom is -0.507 e. The number of ketones is 1. The van der Waals surface area contributed by atoms with Gasteiger partial charge in [0, 0.05) is 17.1 Å². The van der Waals surface area contributed by atoms with Crippen LogP contribution in [0.4, 0.5) is 0 Å². The first kappa shape index (κ1) is 15.8. The van der Waals surface area contributed by atoms with Crippen LogP contribution in [0.1, 0.15) is 39.2 Å². The Balaban J connectivity index is 2.16. The van der Waals surface area contributed by atoms with Crippen LogP contribution in [-0.2, 0) is 4.79 Å². The average molecular weight is 308 g/mol. The molecule has 0 spiro atoms. The van der Waals surface area contributed by atoms with Crippen LogP contribution in [-0.4, -0.2) is 10.9 Å². The Morgan fingerprint density at radius 3 is 2.52 bits per heavy atom. The molecule has 2 aromatic rings. The van der Waals surface area contributed by atoms with Crippen molar-refractivity contribution in [3.63, 3.8) is 0 Å². The largest absolute Gasteiger partial charge is 0.507 e. The Morgan fingerprint density at radius 1 is 1.09 bits per heavy atom. The molecule has 1 aliphatic carbocycles. The number of hydrogen-bond acceptors (Lipinski definition) is 2. The van der Waals surface area contributed by atoms with E-state index in [1.165, 1.54) is 0 Å². The lowest BCUT2D eigenvalue weighted by Crippen LogP contribution is -2.31. The summed E-state index contributed by atoms with van der Waals surface area (Å²) >= 11 is 0. The van der Waals surface area contributed by atoms with E-state index in [2.05, 4.69) is 13.8 Å². The van der Waals surface area contributed by atoms with E-state index in [1.807, 2.05) is 49.4 Å². The van der Waals surface area contributed by atoms with Crippen LogP contribution in [0.2, 0.25) is 0 Å². The SMILES string of the molecule is CC(C)[C@@H]1CC[C@H](C)C(=C(O)c2cccc3ccccc23)C1=O. The van der Waals surface area contributed by atoms with Gasteiger partial charge in [-0.1, -0.05) is 63.2 Å². The zero-order valence-corrected chi connectivity index (χ0v) is 14.0. The lowest BCUT2D eigenvalue weighted by Gasteiger charge is -2.31. The summed E-state index contributed by atoms with van der Waals surface area (Å²) in [4.78, 5) is 12.9. The van der Waals surface area contributed by atoms with Gasteiger partial charge in [-0.15, -0.1) is 0 Å². The Morgan fingerprint density at radius 2 is 1.78 bits per heavy atom. The van der Waals surface area contributed by atoms with Gasteiger partial charge in [-0.25, -0.2) is 0 Å². The van der Waals surface area contributed by atoms with Crippen LogP contribution in [0.15, 0.2) is 48.0 Å². The fourth-order valence-corrected chi connectivity index (χ4v) is 3.71. The Hall–Kier alpha value is -2.09. The summed E-state index contributed by atoms with van der Waals surface area (Å²) in [5.41, 5.74) is 1.38. The highest BCUT2D eigenvalue weighted by Crippen LogP contribution is 2.38. The van der Waals surface area contributed by atoms with Crippen LogP contribution in [0.25, 0.3) is 16.5 Å². The predicted octanol–water partition coefficient (Wildman–Crippen LogP) is 5.38. The molecule has 2 aromatic carbocycles. The first-order valence-corrected chi connectivity index (χ1v) is 8.46. The summed E-state index contributed by atoms with van der Waals surface area (Å²) < 4.78 is 0. The highest BCUT2D eigenvalue weighted by Gasteiger charge is 2.35. The third-order valence-corrected chi connectivity index (χ3v) is 5.11. The molecule has 1 fully saturated rings. The number of allylic oxidation sites excluding steroid dienone is 1. The Labute approximate surface area is 137 Å². The maximum atomic E-state index is 12.9. The number of aliphatic hydroxyl groups is 1. The van der Waals surface area contributed by atoms with Crippen molar-refractivity contribution in [3.05, 3.63) is 53.6 Å². The normalized spacial score (nSPS) is 24.3. The molecule has 3 rings (SSSR count). The van der Waals surface area contributed by atoms with E-state index >= 15 is 0 Å². The van der Waals surface area contributed by atoms with Crippen LogP contribution in [0, 0.1) is 17.8 Å². The Bertz CT molecular complexity index is 765. The maximum absolute atomic E-state index is 12.9. The lowest BCUT2D eigenvalue weighted by atomic mass is 9.72. The van der Waals surface area contributed by atoms with Crippen molar-refractivity contribution in [1.82, 2.24) is 0 Å². The van der Waals surface area contributed by atoms with E-state index in [9.17, 15) is 9.90 Å². The molecule has 2 atom stereocenters. The molecule has 120 valence electrons. The number of Topliss-reactive ketones (excluding diaryl/α,β-unsaturated/α-hetero) is 1. The van der Waals surface area contributed by atoms with Crippen molar-refractivity contribution in [2.24, 2.45) is 17.8 Å². The lowest BCUT2D eigenvalue weighted by molar-refractivity contribution is -0.122. The van der Waals surface area contributed by atoms with Gasteiger partial charge in [0.05, 0.1) is 0 Å². The molecule has 2 heteroatoms. The summed E-state index contributed by atoms with van der Waals surface area (Å²) in [6.07, 6.45) is 1.88. The second-order valence-corrected chi connectivity index (χ2v) is 6.98. The molecule has 2 nitrogen and oxygen atoms in total. The number of benzene rings is 2.